The maximum atomic E-state index is 13.5. The third-order valence-corrected chi connectivity index (χ3v) is 7.73. The second kappa shape index (κ2) is 10.0. The zero-order valence-corrected chi connectivity index (χ0v) is 20.8. The number of carbonyl (C=O) groups is 1. The quantitative estimate of drug-likeness (QED) is 0.384. The topological polar surface area (TPSA) is 97.6 Å². The Bertz CT molecular complexity index is 1530. The van der Waals surface area contributed by atoms with Gasteiger partial charge in [0.2, 0.25) is 0 Å². The van der Waals surface area contributed by atoms with E-state index in [1.807, 2.05) is 24.3 Å². The van der Waals surface area contributed by atoms with Crippen molar-refractivity contribution in [2.75, 3.05) is 38.2 Å². The number of ether oxygens (including phenoxy) is 1. The number of aromatic nitrogens is 3. The van der Waals surface area contributed by atoms with E-state index in [0.717, 1.165) is 21.9 Å². The van der Waals surface area contributed by atoms with Crippen LogP contribution in [0.25, 0.3) is 11.4 Å². The zero-order valence-electron chi connectivity index (χ0n) is 20.0. The van der Waals surface area contributed by atoms with Crippen LogP contribution in [0.3, 0.4) is 0 Å². The van der Waals surface area contributed by atoms with E-state index in [4.69, 9.17) is 4.74 Å². The number of methoxy groups -OCH3 is 1. The number of para-hydroxylation sites is 2. The van der Waals surface area contributed by atoms with E-state index in [1.165, 1.54) is 42.5 Å². The van der Waals surface area contributed by atoms with E-state index in [2.05, 4.69) is 15.0 Å². The monoisotopic (exact) mass is 521 g/mol. The molecule has 1 aliphatic heterocycles. The number of halogens is 1. The molecule has 1 aliphatic rings. The number of piperazine rings is 1. The molecule has 3 aromatic carbocycles. The molecule has 5 rings (SSSR count). The van der Waals surface area contributed by atoms with Crippen molar-refractivity contribution in [2.45, 2.75) is 4.90 Å². The average Bonchev–Trinajstić information content (AvgIpc) is 3.44. The maximum absolute atomic E-state index is 13.5. The summed E-state index contributed by atoms with van der Waals surface area (Å²) in [6.07, 6.45) is 1.07. The Hall–Kier alpha value is -4.25. The van der Waals surface area contributed by atoms with Gasteiger partial charge in [0.15, 0.2) is 5.82 Å². The van der Waals surface area contributed by atoms with E-state index in [-0.39, 0.29) is 16.6 Å². The van der Waals surface area contributed by atoms with E-state index < -0.39 is 15.8 Å². The van der Waals surface area contributed by atoms with Crippen LogP contribution in [0.1, 0.15) is 10.4 Å². The molecule has 2 heterocycles. The van der Waals surface area contributed by atoms with Crippen LogP contribution < -0.4 is 9.64 Å². The zero-order chi connectivity index (χ0) is 26.0. The highest BCUT2D eigenvalue weighted by molar-refractivity contribution is 7.89. The summed E-state index contributed by atoms with van der Waals surface area (Å²) in [5.41, 5.74) is 1.74. The third kappa shape index (κ3) is 4.90. The molecule has 1 saturated heterocycles. The second-order valence-electron chi connectivity index (χ2n) is 8.43. The lowest BCUT2D eigenvalue weighted by atomic mass is 10.1. The van der Waals surface area contributed by atoms with Gasteiger partial charge in [-0.05, 0) is 48.5 Å². The Morgan fingerprint density at radius 1 is 0.946 bits per heavy atom. The first-order valence-corrected chi connectivity index (χ1v) is 13.0. The molecule has 0 N–H and O–H groups in total. The number of rotatable bonds is 6. The number of hydrogen-bond donors (Lipinski definition) is 0. The molecule has 1 aromatic heterocycles. The average molecular weight is 522 g/mol. The summed E-state index contributed by atoms with van der Waals surface area (Å²) in [6, 6.07) is 19.1. The summed E-state index contributed by atoms with van der Waals surface area (Å²) in [6.45, 7) is 2.36. The van der Waals surface area contributed by atoms with Gasteiger partial charge >= 0.3 is 0 Å². The van der Waals surface area contributed by atoms with Crippen molar-refractivity contribution in [2.24, 2.45) is 0 Å². The molecule has 11 heteroatoms. The van der Waals surface area contributed by atoms with E-state index in [9.17, 15) is 17.6 Å². The minimum absolute atomic E-state index is 0.0410. The van der Waals surface area contributed by atoms with Crippen LogP contribution in [0, 0.1) is 5.82 Å². The van der Waals surface area contributed by atoms with Crippen LogP contribution in [0.15, 0.2) is 84.0 Å². The third-order valence-electron chi connectivity index (χ3n) is 6.19. The fraction of sp³-hybridized carbons (Fsp3) is 0.192. The second-order valence-corrected chi connectivity index (χ2v) is 10.2. The summed E-state index contributed by atoms with van der Waals surface area (Å²) in [4.78, 5) is 20.9. The van der Waals surface area contributed by atoms with Crippen LogP contribution >= 0.6 is 0 Å². The molecule has 9 nitrogen and oxygen atoms in total. The van der Waals surface area contributed by atoms with Gasteiger partial charge in [0.1, 0.15) is 17.9 Å². The minimum Gasteiger partial charge on any atom is -0.495 e. The number of amides is 1. The molecular formula is C26H24FN5O4S. The summed E-state index contributed by atoms with van der Waals surface area (Å²) < 4.78 is 45.7. The van der Waals surface area contributed by atoms with E-state index in [1.54, 1.807) is 18.1 Å². The van der Waals surface area contributed by atoms with Crippen LogP contribution in [0.4, 0.5) is 10.1 Å². The first-order chi connectivity index (χ1) is 17.9. The van der Waals surface area contributed by atoms with E-state index >= 15 is 0 Å². The number of hydrogen-bond acceptors (Lipinski definition) is 7. The van der Waals surface area contributed by atoms with Crippen LogP contribution in [-0.2, 0) is 10.0 Å². The van der Waals surface area contributed by atoms with Gasteiger partial charge in [-0.3, -0.25) is 4.79 Å². The van der Waals surface area contributed by atoms with Gasteiger partial charge in [0.25, 0.3) is 15.9 Å². The summed E-state index contributed by atoms with van der Waals surface area (Å²) >= 11 is 0. The largest absolute Gasteiger partial charge is 0.495 e. The molecular weight excluding hydrogens is 497 g/mol. The molecule has 0 unspecified atom stereocenters. The van der Waals surface area contributed by atoms with Gasteiger partial charge in [0, 0.05) is 37.3 Å². The van der Waals surface area contributed by atoms with Gasteiger partial charge in [-0.2, -0.15) is 8.42 Å². The first kappa shape index (κ1) is 24.4. The van der Waals surface area contributed by atoms with Crippen molar-refractivity contribution in [1.29, 1.82) is 0 Å². The Morgan fingerprint density at radius 2 is 1.68 bits per heavy atom. The van der Waals surface area contributed by atoms with Gasteiger partial charge in [-0.15, -0.1) is 9.19 Å². The van der Waals surface area contributed by atoms with Crippen LogP contribution in [-0.4, -0.2) is 66.7 Å². The fourth-order valence-electron chi connectivity index (χ4n) is 4.23. The van der Waals surface area contributed by atoms with Crippen molar-refractivity contribution >= 4 is 21.6 Å². The minimum atomic E-state index is -4.04. The molecule has 0 spiro atoms. The van der Waals surface area contributed by atoms with Crippen LogP contribution in [0.5, 0.6) is 5.75 Å². The highest BCUT2D eigenvalue weighted by Crippen LogP contribution is 2.28. The predicted molar refractivity (Wildman–Crippen MR) is 136 cm³/mol. The predicted octanol–water partition coefficient (Wildman–Crippen LogP) is 3.29. The Labute approximate surface area is 213 Å². The molecule has 190 valence electrons. The number of nitrogens with zero attached hydrogens (tertiary/aromatic N) is 5. The lowest BCUT2D eigenvalue weighted by molar-refractivity contribution is 0.0746. The summed E-state index contributed by atoms with van der Waals surface area (Å²) in [5, 5.41) is 4.01. The molecule has 4 aromatic rings. The molecule has 1 fully saturated rings. The molecule has 0 saturated carbocycles. The maximum Gasteiger partial charge on any atom is 0.284 e. The van der Waals surface area contributed by atoms with Gasteiger partial charge in [0.05, 0.1) is 17.7 Å². The standard InChI is InChI=1S/C26H24FN5O4S/c1-36-24-8-3-2-7-23(24)30-13-15-31(16-14-30)26(33)19-9-11-22(12-10-19)37(34,35)32-18-28-25(29-32)20-5-4-6-21(27)17-20/h2-12,17-18H,13-16H2,1H3. The summed E-state index contributed by atoms with van der Waals surface area (Å²) in [7, 11) is -2.41. The normalized spacial score (nSPS) is 14.0. The Kier molecular flexibility index (Phi) is 6.62. The van der Waals surface area contributed by atoms with Crippen LogP contribution in [0.2, 0.25) is 0 Å². The molecule has 0 aliphatic carbocycles. The van der Waals surface area contributed by atoms with E-state index in [0.29, 0.717) is 37.3 Å². The van der Waals surface area contributed by atoms with Gasteiger partial charge < -0.3 is 14.5 Å². The highest BCUT2D eigenvalue weighted by atomic mass is 32.2. The van der Waals surface area contributed by atoms with Gasteiger partial charge in [-0.25, -0.2) is 9.37 Å². The fourth-order valence-corrected chi connectivity index (χ4v) is 5.28. The smallest absolute Gasteiger partial charge is 0.284 e. The number of carbonyl (C=O) groups excluding carboxylic acids is 1. The molecule has 1 amide bonds. The lowest BCUT2D eigenvalue weighted by Gasteiger charge is -2.36. The Balaban J connectivity index is 1.27. The van der Waals surface area contributed by atoms with Crippen molar-refractivity contribution in [3.63, 3.8) is 0 Å². The molecule has 37 heavy (non-hydrogen) atoms. The molecule has 0 bridgehead atoms. The Morgan fingerprint density at radius 3 is 2.38 bits per heavy atom. The summed E-state index contributed by atoms with van der Waals surface area (Å²) in [5.74, 6) is 0.229. The highest BCUT2D eigenvalue weighted by Gasteiger charge is 2.25. The van der Waals surface area contributed by atoms with Crippen molar-refractivity contribution in [3.05, 3.63) is 90.5 Å². The first-order valence-electron chi connectivity index (χ1n) is 11.6. The number of anilines is 1. The SMILES string of the molecule is COc1ccccc1N1CCN(C(=O)c2ccc(S(=O)(=O)n3cnc(-c4cccc(F)c4)n3)cc2)CC1. The number of benzene rings is 3. The van der Waals surface area contributed by atoms with Crippen molar-refractivity contribution < 1.29 is 22.3 Å². The lowest BCUT2D eigenvalue weighted by Crippen LogP contribution is -2.48. The molecule has 0 atom stereocenters. The van der Waals surface area contributed by atoms with Crippen molar-refractivity contribution in [1.82, 2.24) is 19.1 Å². The van der Waals surface area contributed by atoms with Gasteiger partial charge in [-0.1, -0.05) is 24.3 Å². The van der Waals surface area contributed by atoms with Crippen molar-refractivity contribution in [3.8, 4) is 17.1 Å². The molecule has 0 radical (unpaired) electrons.